The van der Waals surface area contributed by atoms with E-state index in [9.17, 15) is 0 Å². The molecule has 1 aromatic rings. The van der Waals surface area contributed by atoms with E-state index in [-0.39, 0.29) is 17.3 Å². The molecule has 1 heterocycles. The Morgan fingerprint density at radius 2 is 1.95 bits per heavy atom. The van der Waals surface area contributed by atoms with Crippen LogP contribution >= 0.6 is 0 Å². The minimum atomic E-state index is -0.320. The number of rotatable bonds is 5. The molecule has 1 unspecified atom stereocenters. The van der Waals surface area contributed by atoms with Crippen molar-refractivity contribution in [3.63, 3.8) is 0 Å². The van der Waals surface area contributed by atoms with E-state index in [1.807, 2.05) is 25.1 Å². The highest BCUT2D eigenvalue weighted by atomic mass is 16.6. The van der Waals surface area contributed by atoms with Crippen molar-refractivity contribution in [3.05, 3.63) is 23.8 Å². The standard InChI is InChI=1S/C17H27NO3/c1-6-19-14-9-12(11-18)7-8-13(14)20-15-10-16(2,3)21-17(15,4)5/h7-9,15H,6,10-11,18H2,1-5H3. The van der Waals surface area contributed by atoms with Crippen molar-refractivity contribution in [2.45, 2.75) is 64.9 Å². The van der Waals surface area contributed by atoms with Crippen LogP contribution in [0.2, 0.25) is 0 Å². The van der Waals surface area contributed by atoms with Crippen LogP contribution in [0, 0.1) is 0 Å². The SMILES string of the molecule is CCOc1cc(CN)ccc1OC1CC(C)(C)OC1(C)C. The molecule has 0 amide bonds. The normalized spacial score (nSPS) is 23.0. The molecule has 0 radical (unpaired) electrons. The van der Waals surface area contributed by atoms with Crippen LogP contribution in [-0.2, 0) is 11.3 Å². The molecule has 4 heteroatoms. The zero-order chi connectivity index (χ0) is 15.7. The summed E-state index contributed by atoms with van der Waals surface area (Å²) < 4.78 is 18.0. The van der Waals surface area contributed by atoms with E-state index in [4.69, 9.17) is 19.9 Å². The van der Waals surface area contributed by atoms with Crippen LogP contribution in [-0.4, -0.2) is 23.9 Å². The minimum Gasteiger partial charge on any atom is -0.490 e. The van der Waals surface area contributed by atoms with Crippen LogP contribution < -0.4 is 15.2 Å². The summed E-state index contributed by atoms with van der Waals surface area (Å²) in [5, 5.41) is 0. The second-order valence-corrected chi connectivity index (χ2v) is 6.69. The molecular weight excluding hydrogens is 266 g/mol. The highest BCUT2D eigenvalue weighted by molar-refractivity contribution is 5.43. The number of ether oxygens (including phenoxy) is 3. The number of nitrogens with two attached hydrogens (primary N) is 1. The van der Waals surface area contributed by atoms with Crippen molar-refractivity contribution in [3.8, 4) is 11.5 Å². The molecule has 2 N–H and O–H groups in total. The molecule has 1 aromatic carbocycles. The summed E-state index contributed by atoms with van der Waals surface area (Å²) >= 11 is 0. The van der Waals surface area contributed by atoms with Crippen LogP contribution in [0.25, 0.3) is 0 Å². The van der Waals surface area contributed by atoms with E-state index in [0.29, 0.717) is 13.2 Å². The van der Waals surface area contributed by atoms with Gasteiger partial charge in [0.25, 0.3) is 0 Å². The molecule has 21 heavy (non-hydrogen) atoms. The second kappa shape index (κ2) is 5.85. The highest BCUT2D eigenvalue weighted by Gasteiger charge is 2.47. The number of hydrogen-bond acceptors (Lipinski definition) is 4. The lowest BCUT2D eigenvalue weighted by molar-refractivity contribution is -0.0847. The van der Waals surface area contributed by atoms with Crippen molar-refractivity contribution in [1.29, 1.82) is 0 Å². The molecule has 1 aliphatic heterocycles. The third-order valence-electron chi connectivity index (χ3n) is 3.80. The molecule has 1 fully saturated rings. The zero-order valence-electron chi connectivity index (χ0n) is 13.7. The molecule has 2 rings (SSSR count). The van der Waals surface area contributed by atoms with Gasteiger partial charge in [-0.2, -0.15) is 0 Å². The number of benzene rings is 1. The van der Waals surface area contributed by atoms with E-state index in [0.717, 1.165) is 23.5 Å². The van der Waals surface area contributed by atoms with Crippen molar-refractivity contribution in [2.24, 2.45) is 5.73 Å². The summed E-state index contributed by atoms with van der Waals surface area (Å²) in [4.78, 5) is 0. The van der Waals surface area contributed by atoms with Gasteiger partial charge in [0.2, 0.25) is 0 Å². The predicted octanol–water partition coefficient (Wildman–Crippen LogP) is 3.27. The van der Waals surface area contributed by atoms with Crippen LogP contribution in [0.15, 0.2) is 18.2 Å². The molecular formula is C17H27NO3. The van der Waals surface area contributed by atoms with Crippen molar-refractivity contribution < 1.29 is 14.2 Å². The smallest absolute Gasteiger partial charge is 0.161 e. The average molecular weight is 293 g/mol. The zero-order valence-corrected chi connectivity index (χ0v) is 13.7. The Labute approximate surface area is 127 Å². The fourth-order valence-electron chi connectivity index (χ4n) is 2.89. The lowest BCUT2D eigenvalue weighted by atomic mass is 9.97. The van der Waals surface area contributed by atoms with Gasteiger partial charge >= 0.3 is 0 Å². The van der Waals surface area contributed by atoms with E-state index < -0.39 is 0 Å². The van der Waals surface area contributed by atoms with Crippen LogP contribution in [0.1, 0.15) is 46.6 Å². The number of hydrogen-bond donors (Lipinski definition) is 1. The summed E-state index contributed by atoms with van der Waals surface area (Å²) in [6.07, 6.45) is 0.847. The maximum atomic E-state index is 6.22. The Hall–Kier alpha value is -1.26. The van der Waals surface area contributed by atoms with Crippen molar-refractivity contribution >= 4 is 0 Å². The molecule has 0 aliphatic carbocycles. The van der Waals surface area contributed by atoms with E-state index in [1.54, 1.807) is 0 Å². The molecule has 0 bridgehead atoms. The summed E-state index contributed by atoms with van der Waals surface area (Å²) in [6.45, 7) is 11.4. The van der Waals surface area contributed by atoms with Gasteiger partial charge in [-0.05, 0) is 52.3 Å². The van der Waals surface area contributed by atoms with Gasteiger partial charge in [-0.25, -0.2) is 0 Å². The van der Waals surface area contributed by atoms with E-state index in [1.165, 1.54) is 0 Å². The first kappa shape index (κ1) is 16.1. The lowest BCUT2D eigenvalue weighted by Crippen LogP contribution is -2.36. The molecule has 4 nitrogen and oxygen atoms in total. The Balaban J connectivity index is 2.23. The Morgan fingerprint density at radius 1 is 1.24 bits per heavy atom. The summed E-state index contributed by atoms with van der Waals surface area (Å²) in [7, 11) is 0. The van der Waals surface area contributed by atoms with Crippen molar-refractivity contribution in [1.82, 2.24) is 0 Å². The maximum Gasteiger partial charge on any atom is 0.161 e. The van der Waals surface area contributed by atoms with Gasteiger partial charge in [-0.15, -0.1) is 0 Å². The third-order valence-corrected chi connectivity index (χ3v) is 3.80. The van der Waals surface area contributed by atoms with Gasteiger partial charge in [-0.3, -0.25) is 0 Å². The maximum absolute atomic E-state index is 6.22. The van der Waals surface area contributed by atoms with Gasteiger partial charge in [0.1, 0.15) is 11.7 Å². The fraction of sp³-hybridized carbons (Fsp3) is 0.647. The average Bonchev–Trinajstić information content (AvgIpc) is 2.59. The lowest BCUT2D eigenvalue weighted by Gasteiger charge is -2.28. The van der Waals surface area contributed by atoms with Crippen LogP contribution in [0.5, 0.6) is 11.5 Å². The van der Waals surface area contributed by atoms with E-state index >= 15 is 0 Å². The Bertz CT molecular complexity index is 497. The molecule has 1 aliphatic rings. The Morgan fingerprint density at radius 3 is 2.48 bits per heavy atom. The molecule has 118 valence electrons. The van der Waals surface area contributed by atoms with Gasteiger partial charge in [0.15, 0.2) is 11.5 Å². The molecule has 1 saturated heterocycles. The Kier molecular flexibility index (Phi) is 4.49. The monoisotopic (exact) mass is 293 g/mol. The third kappa shape index (κ3) is 3.69. The van der Waals surface area contributed by atoms with Crippen molar-refractivity contribution in [2.75, 3.05) is 6.61 Å². The van der Waals surface area contributed by atoms with Crippen LogP contribution in [0.4, 0.5) is 0 Å². The first-order valence-corrected chi connectivity index (χ1v) is 7.60. The quantitative estimate of drug-likeness (QED) is 0.905. The van der Waals surface area contributed by atoms with Gasteiger partial charge in [-0.1, -0.05) is 6.07 Å². The molecule has 1 atom stereocenters. The van der Waals surface area contributed by atoms with Gasteiger partial charge in [0, 0.05) is 13.0 Å². The minimum absolute atomic E-state index is 0.00423. The largest absolute Gasteiger partial charge is 0.490 e. The van der Waals surface area contributed by atoms with Gasteiger partial charge in [0.05, 0.1) is 12.2 Å². The second-order valence-electron chi connectivity index (χ2n) is 6.69. The fourth-order valence-corrected chi connectivity index (χ4v) is 2.89. The summed E-state index contributed by atoms with van der Waals surface area (Å²) in [6, 6.07) is 5.87. The van der Waals surface area contributed by atoms with Gasteiger partial charge < -0.3 is 19.9 Å². The highest BCUT2D eigenvalue weighted by Crippen LogP contribution is 2.41. The van der Waals surface area contributed by atoms with E-state index in [2.05, 4.69) is 27.7 Å². The summed E-state index contributed by atoms with van der Waals surface area (Å²) in [5.74, 6) is 1.51. The predicted molar refractivity (Wildman–Crippen MR) is 83.8 cm³/mol. The summed E-state index contributed by atoms with van der Waals surface area (Å²) in [5.41, 5.74) is 6.24. The topological polar surface area (TPSA) is 53.7 Å². The molecule has 0 aromatic heterocycles. The first-order valence-electron chi connectivity index (χ1n) is 7.60. The first-order chi connectivity index (χ1) is 9.77. The molecule has 0 spiro atoms. The molecule has 0 saturated carbocycles. The van der Waals surface area contributed by atoms with Crippen LogP contribution in [0.3, 0.4) is 0 Å².